The third kappa shape index (κ3) is 8.85. The predicted molar refractivity (Wildman–Crippen MR) is 122 cm³/mol. The third-order valence-electron chi connectivity index (χ3n) is 5.11. The molecule has 1 aliphatic heterocycles. The van der Waals surface area contributed by atoms with Gasteiger partial charge in [0.2, 0.25) is 0 Å². The number of carbonyl (C=O) groups is 3. The first-order chi connectivity index (χ1) is 14.3. The van der Waals surface area contributed by atoms with Crippen molar-refractivity contribution >= 4 is 28.7 Å². The highest BCUT2D eigenvalue weighted by Crippen LogP contribution is 2.07. The van der Waals surface area contributed by atoms with Gasteiger partial charge in [-0.2, -0.15) is 0 Å². The van der Waals surface area contributed by atoms with Crippen molar-refractivity contribution in [2.24, 2.45) is 0 Å². The summed E-state index contributed by atoms with van der Waals surface area (Å²) in [6.07, 6.45) is 1.04. The molecular formula is C22H34N4O3S. The van der Waals surface area contributed by atoms with E-state index in [4.69, 9.17) is 0 Å². The van der Waals surface area contributed by atoms with E-state index in [1.54, 1.807) is 4.90 Å². The molecule has 0 saturated carbocycles. The number of nitrogens with one attached hydrogen (secondary N) is 2. The van der Waals surface area contributed by atoms with Crippen LogP contribution in [0.1, 0.15) is 25.8 Å². The second-order valence-corrected chi connectivity index (χ2v) is 9.12. The molecule has 0 spiro atoms. The van der Waals surface area contributed by atoms with E-state index in [0.717, 1.165) is 25.1 Å². The van der Waals surface area contributed by atoms with E-state index in [0.29, 0.717) is 31.8 Å². The maximum atomic E-state index is 12.8. The standard InChI is InChI=1S/C22H34N4O3S/c1-17(15-21(28)20-16-25(3)12-10-23-20)24-22(29)26(13-14-30-18(2)27)11-9-19-7-5-4-6-8-19/h4-8,17,20,23H,9-16H2,1-3H3,(H,24,29)/t17?,20-/m0/s1. The lowest BCUT2D eigenvalue weighted by atomic mass is 10.0. The second kappa shape index (κ2) is 12.7. The van der Waals surface area contributed by atoms with E-state index in [-0.39, 0.29) is 29.0 Å². The Hall–Kier alpha value is -1.90. The number of carbonyl (C=O) groups excluding carboxylic acids is 3. The lowest BCUT2D eigenvalue weighted by Gasteiger charge is -2.31. The molecule has 7 nitrogen and oxygen atoms in total. The summed E-state index contributed by atoms with van der Waals surface area (Å²) in [5, 5.41) is 6.27. The number of nitrogens with zero attached hydrogens (tertiary/aromatic N) is 2. The Morgan fingerprint density at radius 3 is 2.67 bits per heavy atom. The molecule has 2 N–H and O–H groups in total. The molecule has 0 radical (unpaired) electrons. The molecular weight excluding hydrogens is 400 g/mol. The zero-order valence-electron chi connectivity index (χ0n) is 18.2. The van der Waals surface area contributed by atoms with E-state index in [1.807, 2.05) is 44.3 Å². The largest absolute Gasteiger partial charge is 0.335 e. The summed E-state index contributed by atoms with van der Waals surface area (Å²) in [5.74, 6) is 0.681. The van der Waals surface area contributed by atoms with Gasteiger partial charge in [0, 0.05) is 57.9 Å². The topological polar surface area (TPSA) is 81.8 Å². The van der Waals surface area contributed by atoms with E-state index in [9.17, 15) is 14.4 Å². The first-order valence-electron chi connectivity index (χ1n) is 10.5. The minimum atomic E-state index is -0.251. The van der Waals surface area contributed by atoms with Gasteiger partial charge >= 0.3 is 6.03 Å². The summed E-state index contributed by atoms with van der Waals surface area (Å²) in [6.45, 7) is 6.87. The van der Waals surface area contributed by atoms with Crippen LogP contribution in [0, 0.1) is 0 Å². The number of Topliss-reactive ketones (excluding diaryl/α,β-unsaturated/α-hetero) is 1. The van der Waals surface area contributed by atoms with Crippen LogP contribution in [0.2, 0.25) is 0 Å². The fraction of sp³-hybridized carbons (Fsp3) is 0.591. The van der Waals surface area contributed by atoms with Crippen LogP contribution in [0.25, 0.3) is 0 Å². The van der Waals surface area contributed by atoms with Gasteiger partial charge in [-0.3, -0.25) is 9.59 Å². The zero-order chi connectivity index (χ0) is 21.9. The van der Waals surface area contributed by atoms with Gasteiger partial charge in [-0.05, 0) is 26.0 Å². The Balaban J connectivity index is 1.87. The van der Waals surface area contributed by atoms with Gasteiger partial charge in [-0.1, -0.05) is 42.1 Å². The number of piperazine rings is 1. The number of rotatable bonds is 10. The van der Waals surface area contributed by atoms with Crippen molar-refractivity contribution in [3.8, 4) is 0 Å². The summed E-state index contributed by atoms with van der Waals surface area (Å²) in [4.78, 5) is 40.5. The molecule has 1 aliphatic rings. The Kier molecular flexibility index (Phi) is 10.3. The van der Waals surface area contributed by atoms with Crippen LogP contribution < -0.4 is 10.6 Å². The fourth-order valence-corrected chi connectivity index (χ4v) is 4.03. The molecule has 1 aromatic carbocycles. The molecule has 8 heteroatoms. The third-order valence-corrected chi connectivity index (χ3v) is 5.90. The average molecular weight is 435 g/mol. The molecule has 1 saturated heterocycles. The first-order valence-corrected chi connectivity index (χ1v) is 11.5. The number of urea groups is 1. The smallest absolute Gasteiger partial charge is 0.317 e. The number of likely N-dealkylation sites (N-methyl/N-ethyl adjacent to an activating group) is 1. The molecule has 0 bridgehead atoms. The quantitative estimate of drug-likeness (QED) is 0.584. The van der Waals surface area contributed by atoms with Crippen LogP contribution in [0.3, 0.4) is 0 Å². The Morgan fingerprint density at radius 1 is 1.27 bits per heavy atom. The predicted octanol–water partition coefficient (Wildman–Crippen LogP) is 1.77. The van der Waals surface area contributed by atoms with E-state index < -0.39 is 0 Å². The SMILES string of the molecule is CC(=O)SCCN(CCc1ccccc1)C(=O)NC(C)CC(=O)[C@@H]1CN(C)CCN1. The maximum Gasteiger partial charge on any atom is 0.317 e. The van der Waals surface area contributed by atoms with Gasteiger partial charge < -0.3 is 20.4 Å². The molecule has 2 rings (SSSR count). The van der Waals surface area contributed by atoms with Crippen molar-refractivity contribution < 1.29 is 14.4 Å². The molecule has 166 valence electrons. The summed E-state index contributed by atoms with van der Waals surface area (Å²) < 4.78 is 0. The van der Waals surface area contributed by atoms with Gasteiger partial charge in [0.15, 0.2) is 10.9 Å². The average Bonchev–Trinajstić information content (AvgIpc) is 2.70. The summed E-state index contributed by atoms with van der Waals surface area (Å²) in [7, 11) is 2.01. The number of ketones is 1. The Bertz CT molecular complexity index is 701. The van der Waals surface area contributed by atoms with Crippen molar-refractivity contribution in [1.29, 1.82) is 0 Å². The zero-order valence-corrected chi connectivity index (χ0v) is 19.0. The summed E-state index contributed by atoms with van der Waals surface area (Å²) in [6, 6.07) is 9.39. The Morgan fingerprint density at radius 2 is 2.00 bits per heavy atom. The number of benzene rings is 1. The molecule has 1 fully saturated rings. The highest BCUT2D eigenvalue weighted by Gasteiger charge is 2.25. The van der Waals surface area contributed by atoms with E-state index in [2.05, 4.69) is 15.5 Å². The van der Waals surface area contributed by atoms with Crippen molar-refractivity contribution in [2.45, 2.75) is 38.8 Å². The van der Waals surface area contributed by atoms with Gasteiger partial charge in [-0.15, -0.1) is 0 Å². The van der Waals surface area contributed by atoms with Crippen molar-refractivity contribution in [2.75, 3.05) is 45.5 Å². The molecule has 1 aromatic rings. The van der Waals surface area contributed by atoms with Gasteiger partial charge in [0.05, 0.1) is 6.04 Å². The minimum absolute atomic E-state index is 0.0438. The molecule has 1 heterocycles. The van der Waals surface area contributed by atoms with Gasteiger partial charge in [-0.25, -0.2) is 4.79 Å². The van der Waals surface area contributed by atoms with Crippen LogP contribution in [0.5, 0.6) is 0 Å². The molecule has 1 unspecified atom stereocenters. The molecule has 2 atom stereocenters. The normalized spacial score (nSPS) is 17.9. The first kappa shape index (κ1) is 24.4. The molecule has 0 aromatic heterocycles. The van der Waals surface area contributed by atoms with Gasteiger partial charge in [0.25, 0.3) is 0 Å². The number of hydrogen-bond donors (Lipinski definition) is 2. The second-order valence-electron chi connectivity index (χ2n) is 7.85. The van der Waals surface area contributed by atoms with Crippen LogP contribution in [0.4, 0.5) is 4.79 Å². The van der Waals surface area contributed by atoms with Crippen LogP contribution >= 0.6 is 11.8 Å². The van der Waals surface area contributed by atoms with E-state index >= 15 is 0 Å². The van der Waals surface area contributed by atoms with Gasteiger partial charge in [0.1, 0.15) is 0 Å². The van der Waals surface area contributed by atoms with Crippen LogP contribution in [0.15, 0.2) is 30.3 Å². The van der Waals surface area contributed by atoms with E-state index in [1.165, 1.54) is 18.7 Å². The molecule has 0 aliphatic carbocycles. The van der Waals surface area contributed by atoms with Crippen molar-refractivity contribution in [3.63, 3.8) is 0 Å². The van der Waals surface area contributed by atoms with Crippen LogP contribution in [-0.2, 0) is 16.0 Å². The molecule has 30 heavy (non-hydrogen) atoms. The fourth-order valence-electron chi connectivity index (χ4n) is 3.43. The van der Waals surface area contributed by atoms with Crippen LogP contribution in [-0.4, -0.2) is 84.3 Å². The number of hydrogen-bond acceptors (Lipinski definition) is 6. The monoisotopic (exact) mass is 434 g/mol. The highest BCUT2D eigenvalue weighted by atomic mass is 32.2. The summed E-state index contributed by atoms with van der Waals surface area (Å²) in [5.41, 5.74) is 1.16. The minimum Gasteiger partial charge on any atom is -0.335 e. The Labute approximate surface area is 183 Å². The maximum absolute atomic E-state index is 12.8. The summed E-state index contributed by atoms with van der Waals surface area (Å²) >= 11 is 1.22. The lowest BCUT2D eigenvalue weighted by Crippen LogP contribution is -2.54. The lowest BCUT2D eigenvalue weighted by molar-refractivity contribution is -0.122. The highest BCUT2D eigenvalue weighted by molar-refractivity contribution is 8.13. The number of thioether (sulfide) groups is 1. The molecule has 2 amide bonds. The number of amides is 2. The van der Waals surface area contributed by atoms with Crippen molar-refractivity contribution in [1.82, 2.24) is 20.4 Å². The van der Waals surface area contributed by atoms with Crippen molar-refractivity contribution in [3.05, 3.63) is 35.9 Å².